The summed E-state index contributed by atoms with van der Waals surface area (Å²) in [6.45, 7) is 3.92. The fraction of sp³-hybridized carbons (Fsp3) is 0.533. The van der Waals surface area contributed by atoms with Crippen LogP contribution in [0.25, 0.3) is 0 Å². The number of rotatable bonds is 7. The number of ether oxygens (including phenoxy) is 1. The number of nitrogens with zero attached hydrogens (tertiary/aromatic N) is 1. The van der Waals surface area contributed by atoms with Crippen LogP contribution in [-0.2, 0) is 0 Å². The molecule has 1 aromatic carbocycles. The van der Waals surface area contributed by atoms with Gasteiger partial charge in [0.25, 0.3) is 0 Å². The van der Waals surface area contributed by atoms with Gasteiger partial charge < -0.3 is 15.4 Å². The van der Waals surface area contributed by atoms with Crippen molar-refractivity contribution in [2.45, 2.75) is 12.8 Å². The molecule has 0 radical (unpaired) electrons. The van der Waals surface area contributed by atoms with Gasteiger partial charge in [-0.1, -0.05) is 25.1 Å². The van der Waals surface area contributed by atoms with Crippen LogP contribution >= 0.6 is 35.7 Å². The topological polar surface area (TPSA) is 45.7 Å². The lowest BCUT2D eigenvalue weighted by Gasteiger charge is -2.18. The minimum atomic E-state index is 0. The van der Waals surface area contributed by atoms with Gasteiger partial charge in [-0.05, 0) is 17.9 Å². The van der Waals surface area contributed by atoms with Crippen LogP contribution in [0.2, 0.25) is 0 Å². The Hall–Kier alpha value is -0.630. The first-order chi connectivity index (χ1) is 9.72. The van der Waals surface area contributed by atoms with Gasteiger partial charge in [0, 0.05) is 31.8 Å². The Bertz CT molecular complexity index is 429. The van der Waals surface area contributed by atoms with Gasteiger partial charge in [-0.25, -0.2) is 0 Å². The second kappa shape index (κ2) is 12.0. The lowest BCUT2D eigenvalue weighted by Crippen LogP contribution is -2.40. The average Bonchev–Trinajstić information content (AvgIpc) is 2.50. The van der Waals surface area contributed by atoms with Crippen LogP contribution < -0.4 is 15.4 Å². The number of benzene rings is 1. The molecule has 4 nitrogen and oxygen atoms in total. The van der Waals surface area contributed by atoms with E-state index in [1.807, 2.05) is 30.0 Å². The Morgan fingerprint density at radius 2 is 2.05 bits per heavy atom. The maximum atomic E-state index is 5.40. The summed E-state index contributed by atoms with van der Waals surface area (Å²) in [5.41, 5.74) is 1.21. The largest absolute Gasteiger partial charge is 0.496 e. The first-order valence-electron chi connectivity index (χ1n) is 6.79. The molecule has 120 valence electrons. The summed E-state index contributed by atoms with van der Waals surface area (Å²) in [5, 5.41) is 6.64. The number of halogens is 1. The van der Waals surface area contributed by atoms with Crippen molar-refractivity contribution >= 4 is 41.7 Å². The third-order valence-corrected chi connectivity index (χ3v) is 3.68. The van der Waals surface area contributed by atoms with Crippen molar-refractivity contribution in [3.05, 3.63) is 29.8 Å². The molecule has 0 aliphatic heterocycles. The quantitative estimate of drug-likeness (QED) is 0.307. The molecule has 0 amide bonds. The van der Waals surface area contributed by atoms with Crippen molar-refractivity contribution in [1.29, 1.82) is 0 Å². The van der Waals surface area contributed by atoms with Crippen molar-refractivity contribution in [2.24, 2.45) is 4.99 Å². The first kappa shape index (κ1) is 20.4. The zero-order valence-corrected chi connectivity index (χ0v) is 16.3. The molecule has 0 fully saturated rings. The van der Waals surface area contributed by atoms with Gasteiger partial charge in [0.1, 0.15) is 5.75 Å². The first-order valence-corrected chi connectivity index (χ1v) is 8.18. The minimum Gasteiger partial charge on any atom is -0.496 e. The summed E-state index contributed by atoms with van der Waals surface area (Å²) in [6, 6.07) is 8.14. The highest BCUT2D eigenvalue weighted by atomic mass is 127. The minimum absolute atomic E-state index is 0. The monoisotopic (exact) mass is 423 g/mol. The van der Waals surface area contributed by atoms with E-state index in [0.29, 0.717) is 5.92 Å². The van der Waals surface area contributed by atoms with E-state index in [0.717, 1.165) is 30.6 Å². The molecular formula is C15H26IN3OS. The Morgan fingerprint density at radius 1 is 1.33 bits per heavy atom. The van der Waals surface area contributed by atoms with Crippen molar-refractivity contribution in [1.82, 2.24) is 10.6 Å². The number of hydrogen-bond donors (Lipinski definition) is 2. The SMILES string of the molecule is CN=C(NCCSC)NCC(C)c1ccccc1OC.I. The van der Waals surface area contributed by atoms with Crippen molar-refractivity contribution in [3.63, 3.8) is 0 Å². The van der Waals surface area contributed by atoms with E-state index in [1.54, 1.807) is 14.2 Å². The standard InChI is InChI=1S/C15H25N3OS.HI/c1-12(13-7-5-6-8-14(13)19-3)11-18-15(16-2)17-9-10-20-4;/h5-8,12H,9-11H2,1-4H3,(H2,16,17,18);1H. The van der Waals surface area contributed by atoms with Crippen LogP contribution in [0.3, 0.4) is 0 Å². The lowest BCUT2D eigenvalue weighted by atomic mass is 10.0. The van der Waals surface area contributed by atoms with Crippen LogP contribution in [0.5, 0.6) is 5.75 Å². The van der Waals surface area contributed by atoms with E-state index in [1.165, 1.54) is 5.56 Å². The number of nitrogens with one attached hydrogen (secondary N) is 2. The third kappa shape index (κ3) is 7.26. The molecular weight excluding hydrogens is 397 g/mol. The molecule has 1 atom stereocenters. The number of guanidine groups is 1. The van der Waals surface area contributed by atoms with E-state index in [9.17, 15) is 0 Å². The molecule has 0 aliphatic rings. The fourth-order valence-electron chi connectivity index (χ4n) is 1.93. The molecule has 0 spiro atoms. The Morgan fingerprint density at radius 3 is 2.67 bits per heavy atom. The normalized spacial score (nSPS) is 12.3. The van der Waals surface area contributed by atoms with Crippen LogP contribution in [0.15, 0.2) is 29.3 Å². The zero-order valence-electron chi connectivity index (χ0n) is 13.2. The van der Waals surface area contributed by atoms with Crippen LogP contribution in [0, 0.1) is 0 Å². The van der Waals surface area contributed by atoms with Gasteiger partial charge in [0.15, 0.2) is 5.96 Å². The van der Waals surface area contributed by atoms with E-state index >= 15 is 0 Å². The predicted octanol–water partition coefficient (Wildman–Crippen LogP) is 2.94. The molecule has 21 heavy (non-hydrogen) atoms. The molecule has 6 heteroatoms. The highest BCUT2D eigenvalue weighted by molar-refractivity contribution is 14.0. The van der Waals surface area contributed by atoms with E-state index in [-0.39, 0.29) is 24.0 Å². The fourth-order valence-corrected chi connectivity index (χ4v) is 2.23. The molecule has 1 rings (SSSR count). The van der Waals surface area contributed by atoms with Crippen molar-refractivity contribution in [3.8, 4) is 5.75 Å². The molecule has 0 aliphatic carbocycles. The average molecular weight is 423 g/mol. The Kier molecular flexibility index (Phi) is 11.6. The van der Waals surface area contributed by atoms with Crippen LogP contribution in [0.1, 0.15) is 18.4 Å². The molecule has 0 saturated heterocycles. The van der Waals surface area contributed by atoms with Gasteiger partial charge in [-0.2, -0.15) is 11.8 Å². The summed E-state index contributed by atoms with van der Waals surface area (Å²) in [6.07, 6.45) is 2.10. The Balaban J connectivity index is 0.00000400. The summed E-state index contributed by atoms with van der Waals surface area (Å²) in [5.74, 6) is 3.21. The molecule has 0 bridgehead atoms. The summed E-state index contributed by atoms with van der Waals surface area (Å²) >= 11 is 1.82. The molecule has 2 N–H and O–H groups in total. The van der Waals surface area contributed by atoms with Crippen molar-refractivity contribution < 1.29 is 4.74 Å². The maximum absolute atomic E-state index is 5.40. The predicted molar refractivity (Wildman–Crippen MR) is 105 cm³/mol. The summed E-state index contributed by atoms with van der Waals surface area (Å²) in [7, 11) is 3.50. The molecule has 1 unspecified atom stereocenters. The zero-order chi connectivity index (χ0) is 14.8. The molecule has 0 saturated carbocycles. The highest BCUT2D eigenvalue weighted by Gasteiger charge is 2.11. The number of thioether (sulfide) groups is 1. The van der Waals surface area contributed by atoms with Gasteiger partial charge >= 0.3 is 0 Å². The van der Waals surface area contributed by atoms with Crippen LogP contribution in [0.4, 0.5) is 0 Å². The number of hydrogen-bond acceptors (Lipinski definition) is 3. The second-order valence-electron chi connectivity index (χ2n) is 4.52. The van der Waals surface area contributed by atoms with E-state index in [2.05, 4.69) is 34.9 Å². The third-order valence-electron chi connectivity index (χ3n) is 3.07. The van der Waals surface area contributed by atoms with E-state index in [4.69, 9.17) is 4.74 Å². The maximum Gasteiger partial charge on any atom is 0.191 e. The molecule has 1 aromatic rings. The highest BCUT2D eigenvalue weighted by Crippen LogP contribution is 2.25. The summed E-state index contributed by atoms with van der Waals surface area (Å²) in [4.78, 5) is 4.22. The van der Waals surface area contributed by atoms with E-state index < -0.39 is 0 Å². The lowest BCUT2D eigenvalue weighted by molar-refractivity contribution is 0.406. The number of aliphatic imine (C=N–C) groups is 1. The summed E-state index contributed by atoms with van der Waals surface area (Å²) < 4.78 is 5.40. The number of para-hydroxylation sites is 1. The second-order valence-corrected chi connectivity index (χ2v) is 5.50. The van der Waals surface area contributed by atoms with Crippen molar-refractivity contribution in [2.75, 3.05) is 39.3 Å². The van der Waals surface area contributed by atoms with Crippen LogP contribution in [-0.4, -0.2) is 45.2 Å². The smallest absolute Gasteiger partial charge is 0.191 e. The van der Waals surface area contributed by atoms with Gasteiger partial charge in [0.2, 0.25) is 0 Å². The van der Waals surface area contributed by atoms with Gasteiger partial charge in [-0.3, -0.25) is 4.99 Å². The number of methoxy groups -OCH3 is 1. The van der Waals surface area contributed by atoms with Gasteiger partial charge in [0.05, 0.1) is 7.11 Å². The molecule has 0 heterocycles. The van der Waals surface area contributed by atoms with Gasteiger partial charge in [-0.15, -0.1) is 24.0 Å². The molecule has 0 aromatic heterocycles. The Labute approximate surface area is 149 Å².